The van der Waals surface area contributed by atoms with E-state index >= 15 is 0 Å². The largest absolute Gasteiger partial charge is 0.496 e. The van der Waals surface area contributed by atoms with Crippen molar-refractivity contribution in [2.45, 2.75) is 4.90 Å². The summed E-state index contributed by atoms with van der Waals surface area (Å²) in [5.74, 6) is 1.39. The minimum atomic E-state index is 0.599. The van der Waals surface area contributed by atoms with Gasteiger partial charge in [-0.15, -0.1) is 0 Å². The van der Waals surface area contributed by atoms with Crippen LogP contribution in [-0.4, -0.2) is 12.3 Å². The molecule has 20 heavy (non-hydrogen) atoms. The normalized spacial score (nSPS) is 10.7. The van der Waals surface area contributed by atoms with Crippen molar-refractivity contribution in [2.24, 2.45) is 0 Å². The Labute approximate surface area is 125 Å². The summed E-state index contributed by atoms with van der Waals surface area (Å²) in [6.07, 6.45) is 0. The average molecular weight is 307 g/mol. The maximum absolute atomic E-state index is 6.17. The summed E-state index contributed by atoms with van der Waals surface area (Å²) >= 11 is 7.57. The summed E-state index contributed by atoms with van der Waals surface area (Å²) in [5, 5.41) is 5.37. The summed E-state index contributed by atoms with van der Waals surface area (Å²) in [4.78, 5) is 0.957. The van der Waals surface area contributed by atoms with E-state index in [0.717, 1.165) is 16.0 Å². The molecule has 1 heterocycles. The van der Waals surface area contributed by atoms with Crippen molar-refractivity contribution in [2.75, 3.05) is 11.8 Å². The number of benzene rings is 2. The lowest BCUT2D eigenvalue weighted by molar-refractivity contribution is 0.405. The third-order valence-electron chi connectivity index (χ3n) is 2.77. The average Bonchev–Trinajstić information content (AvgIpc) is 2.90. The Morgan fingerprint density at radius 1 is 1.20 bits per heavy atom. The molecule has 102 valence electrons. The predicted molar refractivity (Wildman–Crippen MR) is 81.5 cm³/mol. The summed E-state index contributed by atoms with van der Waals surface area (Å²) in [5.41, 5.74) is 0.653. The highest BCUT2D eigenvalue weighted by Crippen LogP contribution is 2.34. The number of ether oxygens (including phenoxy) is 1. The standard InChI is InChI=1S/C14H11ClN2O2S/c1-18-10-6-2-3-8-12(10)20-17-14-13-9(15)5-4-7-11(13)19-16-14/h2-8H,1H3,(H,16,17). The number of methoxy groups -OCH3 is 1. The van der Waals surface area contributed by atoms with Crippen LogP contribution in [0, 0.1) is 0 Å². The smallest absolute Gasteiger partial charge is 0.189 e. The second kappa shape index (κ2) is 5.64. The molecule has 3 aromatic rings. The minimum Gasteiger partial charge on any atom is -0.496 e. The molecule has 0 amide bonds. The molecule has 0 saturated carbocycles. The van der Waals surface area contributed by atoms with E-state index in [4.69, 9.17) is 20.9 Å². The van der Waals surface area contributed by atoms with E-state index in [0.29, 0.717) is 16.4 Å². The Morgan fingerprint density at radius 3 is 2.90 bits per heavy atom. The fourth-order valence-corrected chi connectivity index (χ4v) is 2.83. The van der Waals surface area contributed by atoms with Gasteiger partial charge in [0.15, 0.2) is 11.4 Å². The van der Waals surface area contributed by atoms with Gasteiger partial charge in [-0.3, -0.25) is 0 Å². The first-order valence-electron chi connectivity index (χ1n) is 5.89. The summed E-state index contributed by atoms with van der Waals surface area (Å²) in [7, 11) is 1.64. The van der Waals surface area contributed by atoms with E-state index in [2.05, 4.69) is 9.88 Å². The number of rotatable bonds is 4. The number of hydrogen-bond acceptors (Lipinski definition) is 5. The summed E-state index contributed by atoms with van der Waals surface area (Å²) in [6.45, 7) is 0. The van der Waals surface area contributed by atoms with Crippen molar-refractivity contribution < 1.29 is 9.26 Å². The number of anilines is 1. The summed E-state index contributed by atoms with van der Waals surface area (Å²) in [6, 6.07) is 13.2. The molecule has 1 N–H and O–H groups in total. The van der Waals surface area contributed by atoms with E-state index in [9.17, 15) is 0 Å². The lowest BCUT2D eigenvalue weighted by atomic mass is 10.2. The Balaban J connectivity index is 1.87. The molecule has 3 rings (SSSR count). The molecule has 2 aromatic carbocycles. The van der Waals surface area contributed by atoms with E-state index in [1.165, 1.54) is 11.9 Å². The van der Waals surface area contributed by atoms with Crippen molar-refractivity contribution in [1.29, 1.82) is 0 Å². The highest BCUT2D eigenvalue weighted by molar-refractivity contribution is 8.00. The van der Waals surface area contributed by atoms with Gasteiger partial charge in [0.2, 0.25) is 0 Å². The quantitative estimate of drug-likeness (QED) is 0.713. The molecule has 0 atom stereocenters. The zero-order chi connectivity index (χ0) is 13.9. The van der Waals surface area contributed by atoms with Crippen molar-refractivity contribution in [1.82, 2.24) is 5.16 Å². The number of halogens is 1. The molecule has 4 nitrogen and oxygen atoms in total. The fourth-order valence-electron chi connectivity index (χ4n) is 1.83. The second-order valence-corrected chi connectivity index (χ2v) is 5.25. The van der Waals surface area contributed by atoms with Crippen LogP contribution in [0.3, 0.4) is 0 Å². The Hall–Kier alpha value is -1.85. The number of hydrogen-bond donors (Lipinski definition) is 1. The van der Waals surface area contributed by atoms with Crippen LogP contribution in [0.1, 0.15) is 0 Å². The van der Waals surface area contributed by atoms with Gasteiger partial charge in [0.25, 0.3) is 0 Å². The first-order valence-corrected chi connectivity index (χ1v) is 7.09. The van der Waals surface area contributed by atoms with Gasteiger partial charge >= 0.3 is 0 Å². The lowest BCUT2D eigenvalue weighted by Gasteiger charge is -2.07. The predicted octanol–water partition coefficient (Wildman–Crippen LogP) is 4.61. The van der Waals surface area contributed by atoms with E-state index in [-0.39, 0.29) is 0 Å². The van der Waals surface area contributed by atoms with Crippen LogP contribution in [0.4, 0.5) is 5.82 Å². The molecule has 0 spiro atoms. The number of fused-ring (bicyclic) bond motifs is 1. The monoisotopic (exact) mass is 306 g/mol. The molecular formula is C14H11ClN2O2S. The van der Waals surface area contributed by atoms with E-state index in [1.807, 2.05) is 36.4 Å². The molecule has 0 saturated heterocycles. The molecule has 0 aliphatic heterocycles. The molecule has 1 aromatic heterocycles. The molecule has 0 fully saturated rings. The van der Waals surface area contributed by atoms with Crippen LogP contribution in [-0.2, 0) is 0 Å². The topological polar surface area (TPSA) is 47.3 Å². The zero-order valence-electron chi connectivity index (χ0n) is 10.6. The van der Waals surface area contributed by atoms with Gasteiger partial charge < -0.3 is 14.0 Å². The molecule has 0 bridgehead atoms. The maximum Gasteiger partial charge on any atom is 0.189 e. The molecular weight excluding hydrogens is 296 g/mol. The van der Waals surface area contributed by atoms with E-state index < -0.39 is 0 Å². The minimum absolute atomic E-state index is 0.599. The third-order valence-corrected chi connectivity index (χ3v) is 3.94. The highest BCUT2D eigenvalue weighted by Gasteiger charge is 2.12. The van der Waals surface area contributed by atoms with Crippen LogP contribution in [0.25, 0.3) is 11.0 Å². The van der Waals surface area contributed by atoms with Crippen LogP contribution in [0.2, 0.25) is 5.02 Å². The Morgan fingerprint density at radius 2 is 2.05 bits per heavy atom. The van der Waals surface area contributed by atoms with Gasteiger partial charge in [-0.25, -0.2) is 0 Å². The SMILES string of the molecule is COc1ccccc1SNc1noc2cccc(Cl)c12. The van der Waals surface area contributed by atoms with Gasteiger partial charge in [0.05, 0.1) is 22.4 Å². The molecule has 0 unspecified atom stereocenters. The second-order valence-electron chi connectivity index (χ2n) is 4.00. The van der Waals surface area contributed by atoms with Crippen LogP contribution < -0.4 is 9.46 Å². The van der Waals surface area contributed by atoms with Crippen LogP contribution in [0.5, 0.6) is 5.75 Å². The number of nitrogens with one attached hydrogen (secondary N) is 1. The molecule has 0 aliphatic rings. The molecule has 0 aliphatic carbocycles. The fraction of sp³-hybridized carbons (Fsp3) is 0.0714. The van der Waals surface area contributed by atoms with Crippen LogP contribution >= 0.6 is 23.5 Å². The van der Waals surface area contributed by atoms with Crippen molar-refractivity contribution in [3.05, 3.63) is 47.5 Å². The summed E-state index contributed by atoms with van der Waals surface area (Å²) < 4.78 is 13.7. The van der Waals surface area contributed by atoms with E-state index in [1.54, 1.807) is 13.2 Å². The Kier molecular flexibility index (Phi) is 3.71. The highest BCUT2D eigenvalue weighted by atomic mass is 35.5. The third kappa shape index (κ3) is 2.42. The van der Waals surface area contributed by atoms with Gasteiger partial charge in [-0.1, -0.05) is 35.0 Å². The van der Waals surface area contributed by atoms with Gasteiger partial charge in [-0.2, -0.15) is 0 Å². The number of nitrogens with zero attached hydrogens (tertiary/aromatic N) is 1. The Bertz CT molecular complexity index is 745. The number of para-hydroxylation sites is 1. The van der Waals surface area contributed by atoms with Gasteiger partial charge in [0.1, 0.15) is 5.75 Å². The van der Waals surface area contributed by atoms with Gasteiger partial charge in [-0.05, 0) is 36.2 Å². The van der Waals surface area contributed by atoms with Gasteiger partial charge in [0, 0.05) is 0 Å². The van der Waals surface area contributed by atoms with Crippen molar-refractivity contribution in [3.8, 4) is 5.75 Å². The van der Waals surface area contributed by atoms with Crippen molar-refractivity contribution in [3.63, 3.8) is 0 Å². The maximum atomic E-state index is 6.17. The zero-order valence-corrected chi connectivity index (χ0v) is 12.2. The first kappa shape index (κ1) is 13.1. The van der Waals surface area contributed by atoms with Crippen LogP contribution in [0.15, 0.2) is 51.9 Å². The molecule has 6 heteroatoms. The number of aromatic nitrogens is 1. The van der Waals surface area contributed by atoms with Crippen molar-refractivity contribution >= 4 is 40.3 Å². The lowest BCUT2D eigenvalue weighted by Crippen LogP contribution is -1.91. The first-order chi connectivity index (χ1) is 9.79. The molecule has 0 radical (unpaired) electrons.